The van der Waals surface area contributed by atoms with Gasteiger partial charge in [0.2, 0.25) is 0 Å². The van der Waals surface area contributed by atoms with Gasteiger partial charge in [-0.2, -0.15) is 0 Å². The van der Waals surface area contributed by atoms with Crippen molar-refractivity contribution in [3.05, 3.63) is 48.0 Å². The molecule has 0 bridgehead atoms. The van der Waals surface area contributed by atoms with Crippen LogP contribution in [-0.2, 0) is 10.2 Å². The zero-order chi connectivity index (χ0) is 18.0. The molecule has 5 nitrogen and oxygen atoms in total. The molecule has 3 aromatic rings. The van der Waals surface area contributed by atoms with Gasteiger partial charge in [-0.05, 0) is 41.7 Å². The molecule has 0 atom stereocenters. The monoisotopic (exact) mass is 337 g/mol. The van der Waals surface area contributed by atoms with Crippen LogP contribution in [0.2, 0.25) is 0 Å². The number of ether oxygens (including phenoxy) is 1. The molecular weight excluding hydrogens is 314 g/mol. The number of carbonyl (C=O) groups excluding carboxylic acids is 1. The molecule has 3 rings (SSSR count). The zero-order valence-corrected chi connectivity index (χ0v) is 15.1. The molecule has 0 aliphatic carbocycles. The minimum atomic E-state index is -0.246. The lowest BCUT2D eigenvalue weighted by atomic mass is 9.87. The van der Waals surface area contributed by atoms with Crippen molar-refractivity contribution in [1.29, 1.82) is 0 Å². The third kappa shape index (κ3) is 3.71. The van der Waals surface area contributed by atoms with Gasteiger partial charge in [0.25, 0.3) is 0 Å². The molecule has 0 aliphatic heterocycles. The fourth-order valence-electron chi connectivity index (χ4n) is 2.57. The van der Waals surface area contributed by atoms with E-state index < -0.39 is 0 Å². The van der Waals surface area contributed by atoms with Crippen LogP contribution in [-0.4, -0.2) is 21.0 Å². The normalized spacial score (nSPS) is 11.7. The first-order valence-electron chi connectivity index (χ1n) is 8.56. The lowest BCUT2D eigenvalue weighted by Gasteiger charge is -2.20. The topological polar surface area (TPSA) is 57.0 Å². The highest BCUT2D eigenvalue weighted by Gasteiger charge is 2.19. The van der Waals surface area contributed by atoms with Crippen molar-refractivity contribution in [1.82, 2.24) is 15.0 Å². The average Bonchev–Trinajstić information content (AvgIpc) is 2.98. The third-order valence-corrected chi connectivity index (χ3v) is 4.00. The Bertz CT molecular complexity index is 874. The van der Waals surface area contributed by atoms with Gasteiger partial charge in [0.1, 0.15) is 16.7 Å². The number of hydrogen-bond acceptors (Lipinski definition) is 4. The van der Waals surface area contributed by atoms with Crippen molar-refractivity contribution < 1.29 is 9.53 Å². The zero-order valence-electron chi connectivity index (χ0n) is 15.1. The van der Waals surface area contributed by atoms with E-state index in [0.717, 1.165) is 23.0 Å². The van der Waals surface area contributed by atoms with Crippen LogP contribution in [0.3, 0.4) is 0 Å². The molecule has 0 aliphatic rings. The Morgan fingerprint density at radius 2 is 1.72 bits per heavy atom. The molecule has 0 spiro atoms. The summed E-state index contributed by atoms with van der Waals surface area (Å²) in [6.07, 6.45) is 1.13. The second-order valence-electron chi connectivity index (χ2n) is 7.13. The SMILES string of the molecule is CCCC(=O)Oc1ccc(C(C)(C)C)cc1-n1nc2ccccc2n1. The van der Waals surface area contributed by atoms with Crippen molar-refractivity contribution in [2.24, 2.45) is 0 Å². The van der Waals surface area contributed by atoms with Gasteiger partial charge in [0, 0.05) is 6.42 Å². The Kier molecular flexibility index (Phi) is 4.57. The van der Waals surface area contributed by atoms with Gasteiger partial charge < -0.3 is 4.74 Å². The Morgan fingerprint density at radius 3 is 2.28 bits per heavy atom. The van der Waals surface area contributed by atoms with Crippen molar-refractivity contribution in [2.75, 3.05) is 0 Å². The quantitative estimate of drug-likeness (QED) is 0.522. The molecule has 0 radical (unpaired) electrons. The fourth-order valence-corrected chi connectivity index (χ4v) is 2.57. The van der Waals surface area contributed by atoms with Crippen molar-refractivity contribution in [3.8, 4) is 11.4 Å². The van der Waals surface area contributed by atoms with Crippen LogP contribution in [0.15, 0.2) is 42.5 Å². The van der Waals surface area contributed by atoms with Crippen molar-refractivity contribution in [3.63, 3.8) is 0 Å². The van der Waals surface area contributed by atoms with E-state index in [4.69, 9.17) is 4.74 Å². The molecule has 2 aromatic carbocycles. The Balaban J connectivity index is 2.11. The van der Waals surface area contributed by atoms with E-state index >= 15 is 0 Å². The Morgan fingerprint density at radius 1 is 1.08 bits per heavy atom. The van der Waals surface area contributed by atoms with Crippen molar-refractivity contribution >= 4 is 17.0 Å². The number of esters is 1. The van der Waals surface area contributed by atoms with Crippen LogP contribution in [0.4, 0.5) is 0 Å². The van der Waals surface area contributed by atoms with E-state index in [9.17, 15) is 4.79 Å². The van der Waals surface area contributed by atoms with Crippen LogP contribution in [0.5, 0.6) is 5.75 Å². The summed E-state index contributed by atoms with van der Waals surface area (Å²) in [4.78, 5) is 13.5. The van der Waals surface area contributed by atoms with Gasteiger partial charge in [0.15, 0.2) is 5.75 Å². The van der Waals surface area contributed by atoms with Gasteiger partial charge in [-0.1, -0.05) is 45.9 Å². The Hall–Kier alpha value is -2.69. The standard InChI is InChI=1S/C20H23N3O2/c1-5-8-19(24)25-18-12-11-14(20(2,3)4)13-17(18)23-21-15-9-6-7-10-16(15)22-23/h6-7,9-13H,5,8H2,1-4H3. The lowest BCUT2D eigenvalue weighted by Crippen LogP contribution is -2.14. The lowest BCUT2D eigenvalue weighted by molar-refractivity contribution is -0.134. The summed E-state index contributed by atoms with van der Waals surface area (Å²) in [5, 5.41) is 9.07. The number of carbonyl (C=O) groups is 1. The maximum atomic E-state index is 12.0. The minimum Gasteiger partial charge on any atom is -0.424 e. The first kappa shape index (κ1) is 17.1. The van der Waals surface area contributed by atoms with Gasteiger partial charge in [-0.15, -0.1) is 15.0 Å². The smallest absolute Gasteiger partial charge is 0.311 e. The average molecular weight is 337 g/mol. The van der Waals surface area contributed by atoms with E-state index in [1.54, 1.807) is 4.80 Å². The summed E-state index contributed by atoms with van der Waals surface area (Å²) in [5.74, 6) is 0.232. The predicted molar refractivity (Wildman–Crippen MR) is 98.1 cm³/mol. The summed E-state index contributed by atoms with van der Waals surface area (Å²) in [6, 6.07) is 13.5. The molecule has 0 saturated heterocycles. The maximum Gasteiger partial charge on any atom is 0.311 e. The number of hydrogen-bond donors (Lipinski definition) is 0. The number of nitrogens with zero attached hydrogens (tertiary/aromatic N) is 3. The van der Waals surface area contributed by atoms with Gasteiger partial charge in [0.05, 0.1) is 0 Å². The van der Waals surface area contributed by atoms with Gasteiger partial charge >= 0.3 is 5.97 Å². The number of aromatic nitrogens is 3. The highest BCUT2D eigenvalue weighted by molar-refractivity contribution is 5.75. The first-order valence-corrected chi connectivity index (χ1v) is 8.56. The van der Waals surface area contributed by atoms with E-state index in [0.29, 0.717) is 17.9 Å². The molecule has 25 heavy (non-hydrogen) atoms. The van der Waals surface area contributed by atoms with Crippen LogP contribution in [0, 0.1) is 0 Å². The first-order chi connectivity index (χ1) is 11.9. The number of fused-ring (bicyclic) bond motifs is 1. The highest BCUT2D eigenvalue weighted by Crippen LogP contribution is 2.30. The van der Waals surface area contributed by atoms with E-state index in [1.807, 2.05) is 49.4 Å². The molecule has 1 aromatic heterocycles. The van der Waals surface area contributed by atoms with Gasteiger partial charge in [-0.25, -0.2) is 0 Å². The maximum absolute atomic E-state index is 12.0. The van der Waals surface area contributed by atoms with Gasteiger partial charge in [-0.3, -0.25) is 4.79 Å². The molecule has 1 heterocycles. The summed E-state index contributed by atoms with van der Waals surface area (Å²) in [6.45, 7) is 8.37. The number of rotatable bonds is 4. The molecule has 0 N–H and O–H groups in total. The summed E-state index contributed by atoms with van der Waals surface area (Å²) in [7, 11) is 0. The molecule has 130 valence electrons. The molecule has 0 fully saturated rings. The van der Waals surface area contributed by atoms with E-state index in [-0.39, 0.29) is 11.4 Å². The van der Waals surface area contributed by atoms with Crippen LogP contribution < -0.4 is 4.74 Å². The molecule has 0 unspecified atom stereocenters. The summed E-state index contributed by atoms with van der Waals surface area (Å²) < 4.78 is 5.56. The highest BCUT2D eigenvalue weighted by atomic mass is 16.5. The Labute approximate surface area is 147 Å². The van der Waals surface area contributed by atoms with Crippen molar-refractivity contribution in [2.45, 2.75) is 46.0 Å². The van der Waals surface area contributed by atoms with Crippen LogP contribution in [0.25, 0.3) is 16.7 Å². The fraction of sp³-hybridized carbons (Fsp3) is 0.350. The summed E-state index contributed by atoms with van der Waals surface area (Å²) >= 11 is 0. The largest absolute Gasteiger partial charge is 0.424 e. The number of benzene rings is 2. The second-order valence-corrected chi connectivity index (χ2v) is 7.13. The molecule has 0 saturated carbocycles. The summed E-state index contributed by atoms with van der Waals surface area (Å²) in [5.41, 5.74) is 3.36. The van der Waals surface area contributed by atoms with E-state index in [1.165, 1.54) is 0 Å². The minimum absolute atomic E-state index is 0.0344. The second kappa shape index (κ2) is 6.67. The molecular formula is C20H23N3O2. The predicted octanol–water partition coefficient (Wildman–Crippen LogP) is 4.42. The van der Waals surface area contributed by atoms with E-state index in [2.05, 4.69) is 31.0 Å². The van der Waals surface area contributed by atoms with Crippen LogP contribution in [0.1, 0.15) is 46.1 Å². The third-order valence-electron chi connectivity index (χ3n) is 4.00. The molecule has 0 amide bonds. The molecule has 5 heteroatoms. The van der Waals surface area contributed by atoms with Crippen LogP contribution >= 0.6 is 0 Å².